The van der Waals surface area contributed by atoms with Gasteiger partial charge in [0.15, 0.2) is 0 Å². The molecule has 1 aliphatic rings. The molecule has 0 bridgehead atoms. The van der Waals surface area contributed by atoms with Crippen LogP contribution in [0.1, 0.15) is 27.8 Å². The average Bonchev–Trinajstić information content (AvgIpc) is 3.21. The Morgan fingerprint density at radius 1 is 0.606 bits per heavy atom. The summed E-state index contributed by atoms with van der Waals surface area (Å²) in [6, 6.07) is 33.2. The molecule has 4 aromatic carbocycles. The first kappa shape index (κ1) is 21.6. The predicted molar refractivity (Wildman–Crippen MR) is 139 cm³/mol. The van der Waals surface area contributed by atoms with Gasteiger partial charge < -0.3 is 4.90 Å². The minimum absolute atomic E-state index is 0.942. The molecule has 33 heavy (non-hydrogen) atoms. The summed E-state index contributed by atoms with van der Waals surface area (Å²) >= 11 is 0. The van der Waals surface area contributed by atoms with Gasteiger partial charge in [-0.2, -0.15) is 0 Å². The minimum atomic E-state index is 0.942. The van der Waals surface area contributed by atoms with Crippen molar-refractivity contribution < 1.29 is 0 Å². The molecule has 0 radical (unpaired) electrons. The third kappa shape index (κ3) is 4.64. The third-order valence-electron chi connectivity index (χ3n) is 6.59. The van der Waals surface area contributed by atoms with Crippen LogP contribution in [-0.2, 0) is 26.1 Å². The molecule has 0 aliphatic heterocycles. The van der Waals surface area contributed by atoms with Crippen LogP contribution >= 0.6 is 0 Å². The number of fused-ring (bicyclic) bond motifs is 3. The molecule has 166 valence electrons. The molecule has 0 N–H and O–H groups in total. The molecule has 0 unspecified atom stereocenters. The summed E-state index contributed by atoms with van der Waals surface area (Å²) in [5, 5.41) is 0. The van der Waals surface area contributed by atoms with Crippen molar-refractivity contribution in [2.45, 2.75) is 26.1 Å². The molecule has 0 spiro atoms. The van der Waals surface area contributed by atoms with Crippen molar-refractivity contribution in [2.75, 3.05) is 21.1 Å². The quantitative estimate of drug-likeness (QED) is 0.285. The van der Waals surface area contributed by atoms with Gasteiger partial charge in [-0.25, -0.2) is 0 Å². The van der Waals surface area contributed by atoms with E-state index in [1.807, 2.05) is 0 Å². The fourth-order valence-electron chi connectivity index (χ4n) is 5.13. The highest BCUT2D eigenvalue weighted by molar-refractivity contribution is 5.80. The standard InChI is InChI=1S/C31H32N2/c1-32(2)21-28-13-7-11-26-19-30-27(12-8-14-29(30)31(26)28)22-33(3)20-23-15-17-25(18-16-23)24-9-5-4-6-10-24/h4-18H,19-22H2,1-3H3. The normalized spacial score (nSPS) is 12.3. The molecule has 0 saturated heterocycles. The van der Waals surface area contributed by atoms with Crippen LogP contribution in [0.25, 0.3) is 22.3 Å². The second-order valence-corrected chi connectivity index (χ2v) is 9.54. The fourth-order valence-corrected chi connectivity index (χ4v) is 5.13. The van der Waals surface area contributed by atoms with Crippen molar-refractivity contribution in [2.24, 2.45) is 0 Å². The molecule has 4 aromatic rings. The maximum absolute atomic E-state index is 2.43. The van der Waals surface area contributed by atoms with E-state index in [9.17, 15) is 0 Å². The van der Waals surface area contributed by atoms with Crippen LogP contribution < -0.4 is 0 Å². The van der Waals surface area contributed by atoms with Crippen molar-refractivity contribution in [1.29, 1.82) is 0 Å². The van der Waals surface area contributed by atoms with Crippen molar-refractivity contribution in [3.63, 3.8) is 0 Å². The summed E-state index contributed by atoms with van der Waals surface area (Å²) in [6.07, 6.45) is 1.04. The summed E-state index contributed by atoms with van der Waals surface area (Å²) in [5.74, 6) is 0. The van der Waals surface area contributed by atoms with Gasteiger partial charge in [0.05, 0.1) is 0 Å². The molecular formula is C31H32N2. The summed E-state index contributed by atoms with van der Waals surface area (Å²) < 4.78 is 0. The van der Waals surface area contributed by atoms with Gasteiger partial charge >= 0.3 is 0 Å². The largest absolute Gasteiger partial charge is 0.305 e. The van der Waals surface area contributed by atoms with Gasteiger partial charge in [-0.1, -0.05) is 91.0 Å². The van der Waals surface area contributed by atoms with E-state index in [-0.39, 0.29) is 0 Å². The molecule has 5 rings (SSSR count). The van der Waals surface area contributed by atoms with E-state index in [0.717, 1.165) is 26.1 Å². The van der Waals surface area contributed by atoms with Crippen LogP contribution in [0.2, 0.25) is 0 Å². The Bertz CT molecular complexity index is 1240. The Kier molecular flexibility index (Phi) is 6.13. The second kappa shape index (κ2) is 9.35. The van der Waals surface area contributed by atoms with E-state index < -0.39 is 0 Å². The van der Waals surface area contributed by atoms with Crippen molar-refractivity contribution in [3.05, 3.63) is 119 Å². The number of benzene rings is 4. The molecule has 0 heterocycles. The number of hydrogen-bond acceptors (Lipinski definition) is 2. The third-order valence-corrected chi connectivity index (χ3v) is 6.59. The number of hydrogen-bond donors (Lipinski definition) is 0. The first-order chi connectivity index (χ1) is 16.1. The van der Waals surface area contributed by atoms with E-state index in [2.05, 4.69) is 122 Å². The van der Waals surface area contributed by atoms with Gasteiger partial charge in [0.1, 0.15) is 0 Å². The van der Waals surface area contributed by atoms with Crippen LogP contribution in [0, 0.1) is 0 Å². The molecule has 0 aromatic heterocycles. The topological polar surface area (TPSA) is 6.48 Å². The zero-order valence-corrected chi connectivity index (χ0v) is 19.9. The Morgan fingerprint density at radius 2 is 1.30 bits per heavy atom. The van der Waals surface area contributed by atoms with Gasteiger partial charge in [0.2, 0.25) is 0 Å². The SMILES string of the molecule is CN(C)Cc1cccc2c1-c1cccc(CN(C)Cc3ccc(-c4ccccc4)cc3)c1C2. The Balaban J connectivity index is 1.33. The summed E-state index contributed by atoms with van der Waals surface area (Å²) in [4.78, 5) is 4.69. The van der Waals surface area contributed by atoms with Crippen LogP contribution in [-0.4, -0.2) is 30.9 Å². The molecule has 2 heteroatoms. The van der Waals surface area contributed by atoms with Gasteiger partial charge in [-0.05, 0) is 77.6 Å². The minimum Gasteiger partial charge on any atom is -0.305 e. The lowest BCUT2D eigenvalue weighted by Crippen LogP contribution is -2.18. The maximum Gasteiger partial charge on any atom is 0.0237 e. The van der Waals surface area contributed by atoms with Gasteiger partial charge in [0.25, 0.3) is 0 Å². The van der Waals surface area contributed by atoms with E-state index in [4.69, 9.17) is 0 Å². The van der Waals surface area contributed by atoms with Crippen LogP contribution in [0.5, 0.6) is 0 Å². The summed E-state index contributed by atoms with van der Waals surface area (Å²) in [6.45, 7) is 2.88. The first-order valence-corrected chi connectivity index (χ1v) is 11.8. The Labute approximate surface area is 198 Å². The lowest BCUT2D eigenvalue weighted by Gasteiger charge is -2.19. The zero-order chi connectivity index (χ0) is 22.8. The van der Waals surface area contributed by atoms with E-state index in [0.29, 0.717) is 0 Å². The molecule has 0 atom stereocenters. The van der Waals surface area contributed by atoms with Gasteiger partial charge in [0, 0.05) is 19.6 Å². The Morgan fingerprint density at radius 3 is 2.06 bits per heavy atom. The van der Waals surface area contributed by atoms with Crippen LogP contribution in [0.3, 0.4) is 0 Å². The molecule has 0 fully saturated rings. The highest BCUT2D eigenvalue weighted by Crippen LogP contribution is 2.41. The molecule has 2 nitrogen and oxygen atoms in total. The highest BCUT2D eigenvalue weighted by atomic mass is 15.1. The lowest BCUT2D eigenvalue weighted by molar-refractivity contribution is 0.318. The summed E-state index contributed by atoms with van der Waals surface area (Å²) in [7, 11) is 6.52. The average molecular weight is 433 g/mol. The van der Waals surface area contributed by atoms with E-state index >= 15 is 0 Å². The molecular weight excluding hydrogens is 400 g/mol. The number of nitrogens with zero attached hydrogens (tertiary/aromatic N) is 2. The smallest absolute Gasteiger partial charge is 0.0237 e. The zero-order valence-electron chi connectivity index (χ0n) is 19.9. The van der Waals surface area contributed by atoms with Crippen molar-refractivity contribution in [3.8, 4) is 22.3 Å². The monoisotopic (exact) mass is 432 g/mol. The van der Waals surface area contributed by atoms with Gasteiger partial charge in [-0.3, -0.25) is 4.90 Å². The number of rotatable bonds is 7. The maximum atomic E-state index is 2.43. The van der Waals surface area contributed by atoms with E-state index in [1.165, 1.54) is 50.1 Å². The second-order valence-electron chi connectivity index (χ2n) is 9.54. The van der Waals surface area contributed by atoms with Crippen molar-refractivity contribution >= 4 is 0 Å². The van der Waals surface area contributed by atoms with Gasteiger partial charge in [-0.15, -0.1) is 0 Å². The Hall–Kier alpha value is -3.20. The van der Waals surface area contributed by atoms with Crippen LogP contribution in [0.4, 0.5) is 0 Å². The predicted octanol–water partition coefficient (Wildman–Crippen LogP) is 6.62. The lowest BCUT2D eigenvalue weighted by atomic mass is 9.97. The molecule has 1 aliphatic carbocycles. The highest BCUT2D eigenvalue weighted by Gasteiger charge is 2.23. The first-order valence-electron chi connectivity index (χ1n) is 11.8. The van der Waals surface area contributed by atoms with Crippen molar-refractivity contribution in [1.82, 2.24) is 9.80 Å². The fraction of sp³-hybridized carbons (Fsp3) is 0.226. The molecule has 0 saturated carbocycles. The molecule has 0 amide bonds. The summed E-state index contributed by atoms with van der Waals surface area (Å²) in [5.41, 5.74) is 12.6. The van der Waals surface area contributed by atoms with Crippen LogP contribution in [0.15, 0.2) is 91.0 Å². The van der Waals surface area contributed by atoms with E-state index in [1.54, 1.807) is 0 Å².